The molecule has 2 aromatic rings. The van der Waals surface area contributed by atoms with Crippen molar-refractivity contribution in [1.82, 2.24) is 4.98 Å². The molecule has 15 heavy (non-hydrogen) atoms. The third-order valence-corrected chi connectivity index (χ3v) is 2.40. The van der Waals surface area contributed by atoms with Crippen molar-refractivity contribution in [2.45, 2.75) is 0 Å². The fourth-order valence-corrected chi connectivity index (χ4v) is 1.57. The lowest BCUT2D eigenvalue weighted by atomic mass is 10.1. The van der Waals surface area contributed by atoms with Gasteiger partial charge in [0, 0.05) is 10.4 Å². The summed E-state index contributed by atoms with van der Waals surface area (Å²) in [6, 6.07) is 6.57. The molecule has 1 aromatic carbocycles. The van der Waals surface area contributed by atoms with Crippen LogP contribution in [0.5, 0.6) is 0 Å². The zero-order valence-electron chi connectivity index (χ0n) is 7.57. The Kier molecular flexibility index (Phi) is 2.21. The van der Waals surface area contributed by atoms with Crippen molar-refractivity contribution in [2.75, 3.05) is 5.73 Å². The zero-order valence-corrected chi connectivity index (χ0v) is 8.32. The number of aromatic carboxylic acids is 1. The summed E-state index contributed by atoms with van der Waals surface area (Å²) in [5.74, 6) is -1.11. The van der Waals surface area contributed by atoms with E-state index in [1.807, 2.05) is 0 Å². The first-order valence-electron chi connectivity index (χ1n) is 4.17. The van der Waals surface area contributed by atoms with Gasteiger partial charge in [-0.2, -0.15) is 0 Å². The Labute approximate surface area is 90.3 Å². The maximum atomic E-state index is 10.8. The summed E-state index contributed by atoms with van der Waals surface area (Å²) in [7, 11) is 0. The average Bonchev–Trinajstić information content (AvgIpc) is 2.16. The molecule has 0 spiro atoms. The van der Waals surface area contributed by atoms with E-state index < -0.39 is 5.97 Å². The van der Waals surface area contributed by atoms with Crippen LogP contribution in [0.15, 0.2) is 24.3 Å². The van der Waals surface area contributed by atoms with Crippen molar-refractivity contribution >= 4 is 34.3 Å². The molecule has 0 aliphatic heterocycles. The lowest BCUT2D eigenvalue weighted by Crippen LogP contribution is -2.04. The molecule has 0 saturated carbocycles. The van der Waals surface area contributed by atoms with E-state index in [9.17, 15) is 4.79 Å². The maximum Gasteiger partial charge on any atom is 0.339 e. The number of nitrogens with two attached hydrogens (primary N) is 1. The number of carbonyl (C=O) groups is 1. The van der Waals surface area contributed by atoms with Gasteiger partial charge in [-0.1, -0.05) is 17.7 Å². The Hall–Kier alpha value is -1.81. The topological polar surface area (TPSA) is 76.2 Å². The molecule has 0 fully saturated rings. The molecule has 4 nitrogen and oxygen atoms in total. The van der Waals surface area contributed by atoms with Crippen LogP contribution >= 0.6 is 11.6 Å². The van der Waals surface area contributed by atoms with Gasteiger partial charge in [0.15, 0.2) is 0 Å². The van der Waals surface area contributed by atoms with Gasteiger partial charge in [0.25, 0.3) is 0 Å². The van der Waals surface area contributed by atoms with Gasteiger partial charge in [-0.25, -0.2) is 9.78 Å². The standard InChI is InChI=1S/C10H7ClN2O2/c11-7-2-1-3-8-5(7)4-6(10(14)15)9(12)13-8/h1-4H,(H2,12,13)(H,14,15). The highest BCUT2D eigenvalue weighted by Gasteiger charge is 2.11. The highest BCUT2D eigenvalue weighted by molar-refractivity contribution is 6.35. The first kappa shape index (κ1) is 9.73. The summed E-state index contributed by atoms with van der Waals surface area (Å²) in [5, 5.41) is 9.90. The molecule has 0 aliphatic rings. The van der Waals surface area contributed by atoms with Crippen molar-refractivity contribution in [3.05, 3.63) is 34.9 Å². The Balaban J connectivity index is 2.83. The summed E-state index contributed by atoms with van der Waals surface area (Å²) in [4.78, 5) is 14.8. The minimum Gasteiger partial charge on any atom is -0.478 e. The van der Waals surface area contributed by atoms with Crippen LogP contribution in [-0.4, -0.2) is 16.1 Å². The largest absolute Gasteiger partial charge is 0.478 e. The molecule has 5 heteroatoms. The van der Waals surface area contributed by atoms with Crippen LogP contribution in [0, 0.1) is 0 Å². The van der Waals surface area contributed by atoms with Crippen LogP contribution in [0.2, 0.25) is 5.02 Å². The second kappa shape index (κ2) is 3.40. The van der Waals surface area contributed by atoms with Crippen molar-refractivity contribution in [2.24, 2.45) is 0 Å². The normalized spacial score (nSPS) is 10.5. The lowest BCUT2D eigenvalue weighted by molar-refractivity contribution is 0.0698. The fourth-order valence-electron chi connectivity index (χ4n) is 1.35. The Morgan fingerprint density at radius 3 is 2.87 bits per heavy atom. The first-order valence-corrected chi connectivity index (χ1v) is 4.55. The Morgan fingerprint density at radius 1 is 1.47 bits per heavy atom. The minimum absolute atomic E-state index is 0.00253. The van der Waals surface area contributed by atoms with E-state index >= 15 is 0 Å². The van der Waals surface area contributed by atoms with Gasteiger partial charge in [-0.05, 0) is 18.2 Å². The second-order valence-corrected chi connectivity index (χ2v) is 3.44. The van der Waals surface area contributed by atoms with E-state index in [1.54, 1.807) is 18.2 Å². The molecular formula is C10H7ClN2O2. The number of aromatic nitrogens is 1. The summed E-state index contributed by atoms with van der Waals surface area (Å²) >= 11 is 5.91. The number of carboxylic acids is 1. The molecule has 1 heterocycles. The smallest absolute Gasteiger partial charge is 0.339 e. The SMILES string of the molecule is Nc1nc2cccc(Cl)c2cc1C(=O)O. The number of pyridine rings is 1. The van der Waals surface area contributed by atoms with E-state index in [0.29, 0.717) is 15.9 Å². The third kappa shape index (κ3) is 1.59. The fraction of sp³-hybridized carbons (Fsp3) is 0. The van der Waals surface area contributed by atoms with Crippen LogP contribution in [0.25, 0.3) is 10.9 Å². The highest BCUT2D eigenvalue weighted by Crippen LogP contribution is 2.25. The van der Waals surface area contributed by atoms with Crippen molar-refractivity contribution < 1.29 is 9.90 Å². The number of rotatable bonds is 1. The molecule has 3 N–H and O–H groups in total. The van der Waals surface area contributed by atoms with Crippen molar-refractivity contribution in [1.29, 1.82) is 0 Å². The first-order chi connectivity index (χ1) is 7.09. The minimum atomic E-state index is -1.11. The van der Waals surface area contributed by atoms with Crippen molar-refractivity contribution in [3.63, 3.8) is 0 Å². The number of anilines is 1. The number of halogens is 1. The zero-order chi connectivity index (χ0) is 11.0. The number of carboxylic acid groups (broad SMARTS) is 1. The molecular weight excluding hydrogens is 216 g/mol. The third-order valence-electron chi connectivity index (χ3n) is 2.07. The summed E-state index contributed by atoms with van der Waals surface area (Å²) in [6.07, 6.45) is 0. The van der Waals surface area contributed by atoms with Gasteiger partial charge in [-0.15, -0.1) is 0 Å². The second-order valence-electron chi connectivity index (χ2n) is 3.03. The quantitative estimate of drug-likeness (QED) is 0.775. The number of fused-ring (bicyclic) bond motifs is 1. The van der Waals surface area contributed by atoms with Crippen LogP contribution in [-0.2, 0) is 0 Å². The Morgan fingerprint density at radius 2 is 2.20 bits per heavy atom. The average molecular weight is 223 g/mol. The Bertz CT molecular complexity index is 554. The summed E-state index contributed by atoms with van der Waals surface area (Å²) < 4.78 is 0. The molecule has 0 aliphatic carbocycles. The molecule has 0 amide bonds. The van der Waals surface area contributed by atoms with E-state index in [2.05, 4.69) is 4.98 Å². The van der Waals surface area contributed by atoms with E-state index in [4.69, 9.17) is 22.4 Å². The van der Waals surface area contributed by atoms with E-state index in [-0.39, 0.29) is 11.4 Å². The van der Waals surface area contributed by atoms with Gasteiger partial charge in [0.1, 0.15) is 11.4 Å². The molecule has 1 aromatic heterocycles. The number of hydrogen-bond donors (Lipinski definition) is 2. The van der Waals surface area contributed by atoms with Crippen LogP contribution in [0.1, 0.15) is 10.4 Å². The van der Waals surface area contributed by atoms with Crippen LogP contribution in [0.3, 0.4) is 0 Å². The van der Waals surface area contributed by atoms with Crippen LogP contribution < -0.4 is 5.73 Å². The number of nitrogen functional groups attached to an aromatic ring is 1. The summed E-state index contributed by atoms with van der Waals surface area (Å²) in [5.41, 5.74) is 6.06. The number of hydrogen-bond acceptors (Lipinski definition) is 3. The van der Waals surface area contributed by atoms with Gasteiger partial charge < -0.3 is 10.8 Å². The van der Waals surface area contributed by atoms with Gasteiger partial charge in [0.2, 0.25) is 0 Å². The molecule has 2 rings (SSSR count). The molecule has 76 valence electrons. The molecule has 0 unspecified atom stereocenters. The van der Waals surface area contributed by atoms with Crippen molar-refractivity contribution in [3.8, 4) is 0 Å². The van der Waals surface area contributed by atoms with E-state index in [0.717, 1.165) is 0 Å². The van der Waals surface area contributed by atoms with Gasteiger partial charge in [-0.3, -0.25) is 0 Å². The highest BCUT2D eigenvalue weighted by atomic mass is 35.5. The molecule has 0 radical (unpaired) electrons. The maximum absolute atomic E-state index is 10.8. The number of benzene rings is 1. The van der Waals surface area contributed by atoms with E-state index in [1.165, 1.54) is 6.07 Å². The predicted molar refractivity (Wildman–Crippen MR) is 58.1 cm³/mol. The molecule has 0 saturated heterocycles. The lowest BCUT2D eigenvalue weighted by Gasteiger charge is -2.04. The summed E-state index contributed by atoms with van der Waals surface area (Å²) in [6.45, 7) is 0. The van der Waals surface area contributed by atoms with Gasteiger partial charge >= 0.3 is 5.97 Å². The predicted octanol–water partition coefficient (Wildman–Crippen LogP) is 2.17. The molecule has 0 bridgehead atoms. The van der Waals surface area contributed by atoms with Crippen LogP contribution in [0.4, 0.5) is 5.82 Å². The molecule has 0 atom stereocenters. The monoisotopic (exact) mass is 222 g/mol. The van der Waals surface area contributed by atoms with Gasteiger partial charge in [0.05, 0.1) is 5.52 Å². The number of nitrogens with zero attached hydrogens (tertiary/aromatic N) is 1.